The van der Waals surface area contributed by atoms with Gasteiger partial charge in [-0.15, -0.1) is 0 Å². The van der Waals surface area contributed by atoms with E-state index in [0.29, 0.717) is 11.3 Å². The van der Waals surface area contributed by atoms with Gasteiger partial charge in [0.25, 0.3) is 11.5 Å². The highest BCUT2D eigenvalue weighted by Crippen LogP contribution is 2.18. The molecule has 0 saturated carbocycles. The van der Waals surface area contributed by atoms with E-state index in [9.17, 15) is 14.4 Å². The van der Waals surface area contributed by atoms with Crippen molar-refractivity contribution < 1.29 is 4.79 Å². The molecule has 0 aliphatic carbocycles. The van der Waals surface area contributed by atoms with E-state index in [2.05, 4.69) is 10.3 Å². The van der Waals surface area contributed by atoms with Gasteiger partial charge in [0, 0.05) is 25.9 Å². The Hall–Kier alpha value is -3.22. The van der Waals surface area contributed by atoms with Crippen LogP contribution in [0.3, 0.4) is 0 Å². The molecular formula is C17H16N4O3. The van der Waals surface area contributed by atoms with Gasteiger partial charge < -0.3 is 5.32 Å². The number of anilines is 1. The van der Waals surface area contributed by atoms with Crippen molar-refractivity contribution in [1.82, 2.24) is 14.1 Å². The summed E-state index contributed by atoms with van der Waals surface area (Å²) in [5.74, 6) is -0.323. The summed E-state index contributed by atoms with van der Waals surface area (Å²) in [5.41, 5.74) is 0.927. The first-order valence-electron chi connectivity index (χ1n) is 7.33. The second-order valence-electron chi connectivity index (χ2n) is 5.53. The molecule has 0 atom stereocenters. The molecule has 2 heterocycles. The van der Waals surface area contributed by atoms with E-state index >= 15 is 0 Å². The van der Waals surface area contributed by atoms with E-state index in [0.717, 1.165) is 10.1 Å². The zero-order valence-corrected chi connectivity index (χ0v) is 13.5. The van der Waals surface area contributed by atoms with Gasteiger partial charge in [-0.05, 0) is 24.6 Å². The van der Waals surface area contributed by atoms with Gasteiger partial charge in [0.15, 0.2) is 5.65 Å². The molecule has 0 saturated heterocycles. The highest BCUT2D eigenvalue weighted by atomic mass is 16.2. The van der Waals surface area contributed by atoms with Crippen molar-refractivity contribution in [1.29, 1.82) is 0 Å². The average Bonchev–Trinajstić information content (AvgIpc) is 2.58. The van der Waals surface area contributed by atoms with Gasteiger partial charge in [-0.3, -0.25) is 18.7 Å². The topological polar surface area (TPSA) is 86.0 Å². The predicted molar refractivity (Wildman–Crippen MR) is 91.4 cm³/mol. The van der Waals surface area contributed by atoms with Crippen molar-refractivity contribution in [3.05, 3.63) is 68.5 Å². The molecule has 0 aliphatic heterocycles. The van der Waals surface area contributed by atoms with E-state index in [1.165, 1.54) is 24.9 Å². The minimum Gasteiger partial charge on any atom is -0.321 e. The van der Waals surface area contributed by atoms with Crippen LogP contribution in [0.5, 0.6) is 0 Å². The average molecular weight is 324 g/mol. The van der Waals surface area contributed by atoms with Gasteiger partial charge in [-0.25, -0.2) is 9.78 Å². The van der Waals surface area contributed by atoms with Crippen LogP contribution in [0.25, 0.3) is 11.0 Å². The molecule has 3 rings (SSSR count). The zero-order chi connectivity index (χ0) is 17.4. The number of hydrogen-bond donors (Lipinski definition) is 1. The van der Waals surface area contributed by atoms with E-state index in [1.54, 1.807) is 18.2 Å². The second-order valence-corrected chi connectivity index (χ2v) is 5.53. The van der Waals surface area contributed by atoms with Crippen molar-refractivity contribution in [2.75, 3.05) is 5.32 Å². The number of carbonyl (C=O) groups excluding carboxylic acids is 1. The quantitative estimate of drug-likeness (QED) is 0.767. The van der Waals surface area contributed by atoms with Crippen LogP contribution in [0.15, 0.2) is 46.1 Å². The molecular weight excluding hydrogens is 308 g/mol. The van der Waals surface area contributed by atoms with E-state index in [4.69, 9.17) is 0 Å². The Bertz CT molecular complexity index is 1080. The van der Waals surface area contributed by atoms with Gasteiger partial charge in [0.05, 0.1) is 5.69 Å². The van der Waals surface area contributed by atoms with Crippen molar-refractivity contribution in [2.45, 2.75) is 6.92 Å². The van der Waals surface area contributed by atoms with Crippen molar-refractivity contribution >= 4 is 22.6 Å². The number of fused-ring (bicyclic) bond motifs is 1. The molecule has 2 aromatic heterocycles. The van der Waals surface area contributed by atoms with Crippen molar-refractivity contribution in [3.8, 4) is 0 Å². The lowest BCUT2D eigenvalue weighted by atomic mass is 10.1. The third kappa shape index (κ3) is 2.40. The monoisotopic (exact) mass is 324 g/mol. The molecule has 0 aliphatic rings. The maximum atomic E-state index is 12.5. The summed E-state index contributed by atoms with van der Waals surface area (Å²) in [6, 6.07) is 8.71. The highest BCUT2D eigenvalue weighted by Gasteiger charge is 2.16. The molecule has 0 bridgehead atoms. The molecule has 3 aromatic rings. The predicted octanol–water partition coefficient (Wildman–Crippen LogP) is 1.19. The molecule has 24 heavy (non-hydrogen) atoms. The van der Waals surface area contributed by atoms with Crippen LogP contribution >= 0.6 is 0 Å². The molecule has 0 radical (unpaired) electrons. The van der Waals surface area contributed by atoms with E-state index in [1.807, 2.05) is 19.1 Å². The lowest BCUT2D eigenvalue weighted by molar-refractivity contribution is 0.102. The molecule has 1 N–H and O–H groups in total. The number of benzene rings is 1. The summed E-state index contributed by atoms with van der Waals surface area (Å²) in [7, 11) is 2.92. The van der Waals surface area contributed by atoms with Crippen molar-refractivity contribution in [3.63, 3.8) is 0 Å². The summed E-state index contributed by atoms with van der Waals surface area (Å²) in [6.07, 6.45) is 1.45. The Kier molecular flexibility index (Phi) is 3.76. The lowest BCUT2D eigenvalue weighted by Crippen LogP contribution is -2.37. The standard InChI is InChI=1S/C17H16N4O3/c1-10-6-4-5-7-11(10)15(22)19-12-8-9-18-14-13(12)16(23)21(3)17(24)20(14)2/h4-9H,1-3H3,(H,18,19,22). The fourth-order valence-electron chi connectivity index (χ4n) is 2.61. The number of aryl methyl sites for hydroxylation is 2. The summed E-state index contributed by atoms with van der Waals surface area (Å²) >= 11 is 0. The van der Waals surface area contributed by atoms with Crippen LogP contribution < -0.4 is 16.6 Å². The van der Waals surface area contributed by atoms with Gasteiger partial charge in [0.2, 0.25) is 0 Å². The minimum atomic E-state index is -0.499. The van der Waals surface area contributed by atoms with Crippen LogP contribution in [0.4, 0.5) is 5.69 Å². The molecule has 0 unspecified atom stereocenters. The Morgan fingerprint density at radius 3 is 2.50 bits per heavy atom. The molecule has 0 spiro atoms. The van der Waals surface area contributed by atoms with Gasteiger partial charge >= 0.3 is 5.69 Å². The Morgan fingerprint density at radius 1 is 1.08 bits per heavy atom. The second kappa shape index (κ2) is 5.77. The number of aromatic nitrogens is 3. The van der Waals surface area contributed by atoms with Crippen LogP contribution in [0.2, 0.25) is 0 Å². The van der Waals surface area contributed by atoms with Crippen LogP contribution in [-0.4, -0.2) is 20.0 Å². The maximum Gasteiger partial charge on any atom is 0.332 e. The van der Waals surface area contributed by atoms with Crippen LogP contribution in [-0.2, 0) is 14.1 Å². The smallest absolute Gasteiger partial charge is 0.321 e. The number of hydrogen-bond acceptors (Lipinski definition) is 4. The fourth-order valence-corrected chi connectivity index (χ4v) is 2.61. The summed E-state index contributed by atoms with van der Waals surface area (Å²) in [6.45, 7) is 1.84. The molecule has 1 amide bonds. The fraction of sp³-hybridized carbons (Fsp3) is 0.176. The van der Waals surface area contributed by atoms with Crippen LogP contribution in [0.1, 0.15) is 15.9 Å². The van der Waals surface area contributed by atoms with Crippen LogP contribution in [0, 0.1) is 6.92 Å². The van der Waals surface area contributed by atoms with Gasteiger partial charge in [0.1, 0.15) is 5.39 Å². The third-order valence-electron chi connectivity index (χ3n) is 3.98. The summed E-state index contributed by atoms with van der Waals surface area (Å²) < 4.78 is 2.27. The molecule has 122 valence electrons. The highest BCUT2D eigenvalue weighted by molar-refractivity contribution is 6.08. The molecule has 0 fully saturated rings. The first-order valence-corrected chi connectivity index (χ1v) is 7.33. The van der Waals surface area contributed by atoms with Gasteiger partial charge in [-0.1, -0.05) is 18.2 Å². The first-order chi connectivity index (χ1) is 11.4. The third-order valence-corrected chi connectivity index (χ3v) is 3.98. The summed E-state index contributed by atoms with van der Waals surface area (Å²) in [5, 5.41) is 2.95. The van der Waals surface area contributed by atoms with Gasteiger partial charge in [-0.2, -0.15) is 0 Å². The molecule has 7 heteroatoms. The van der Waals surface area contributed by atoms with E-state index in [-0.39, 0.29) is 16.9 Å². The molecule has 1 aromatic carbocycles. The number of rotatable bonds is 2. The Balaban J connectivity index is 2.18. The SMILES string of the molecule is Cc1ccccc1C(=O)Nc1ccnc2c1c(=O)n(C)c(=O)n2C. The Morgan fingerprint density at radius 2 is 1.79 bits per heavy atom. The number of carbonyl (C=O) groups is 1. The first kappa shape index (κ1) is 15.7. The number of amides is 1. The number of pyridine rings is 1. The molecule has 7 nitrogen and oxygen atoms in total. The number of nitrogens with one attached hydrogen (secondary N) is 1. The minimum absolute atomic E-state index is 0.198. The van der Waals surface area contributed by atoms with Crippen molar-refractivity contribution in [2.24, 2.45) is 14.1 Å². The normalized spacial score (nSPS) is 10.8. The number of nitrogens with zero attached hydrogens (tertiary/aromatic N) is 3. The lowest BCUT2D eigenvalue weighted by Gasteiger charge is -2.12. The zero-order valence-electron chi connectivity index (χ0n) is 13.5. The largest absolute Gasteiger partial charge is 0.332 e. The van der Waals surface area contributed by atoms with E-state index < -0.39 is 11.2 Å². The maximum absolute atomic E-state index is 12.5. The summed E-state index contributed by atoms with van der Waals surface area (Å²) in [4.78, 5) is 41.1. The Labute approximate surface area is 137 Å².